The van der Waals surface area contributed by atoms with E-state index in [1.54, 1.807) is 24.0 Å². The molecule has 1 saturated heterocycles. The van der Waals surface area contributed by atoms with E-state index < -0.39 is 6.04 Å². The second-order valence-corrected chi connectivity index (χ2v) is 6.75. The van der Waals surface area contributed by atoms with Gasteiger partial charge in [-0.3, -0.25) is 14.5 Å². The SMILES string of the molecule is CCN(Cc1noc(C)n1)C(=O)C[C@H]1C(=O)NCCN1Cc1ccc(F)cc1. The fourth-order valence-corrected chi connectivity index (χ4v) is 3.24. The van der Waals surface area contributed by atoms with E-state index in [0.29, 0.717) is 37.9 Å². The summed E-state index contributed by atoms with van der Waals surface area (Å²) in [6, 6.07) is 5.60. The molecule has 1 aliphatic heterocycles. The Morgan fingerprint density at radius 2 is 2.14 bits per heavy atom. The van der Waals surface area contributed by atoms with Crippen molar-refractivity contribution in [3.05, 3.63) is 47.4 Å². The molecule has 1 aromatic heterocycles. The molecule has 1 aromatic carbocycles. The summed E-state index contributed by atoms with van der Waals surface area (Å²) >= 11 is 0. The normalized spacial score (nSPS) is 17.4. The maximum atomic E-state index is 13.1. The predicted molar refractivity (Wildman–Crippen MR) is 98.4 cm³/mol. The van der Waals surface area contributed by atoms with Crippen LogP contribution in [0.3, 0.4) is 0 Å². The van der Waals surface area contributed by atoms with E-state index in [1.165, 1.54) is 12.1 Å². The van der Waals surface area contributed by atoms with Gasteiger partial charge in [0.2, 0.25) is 17.7 Å². The van der Waals surface area contributed by atoms with Crippen molar-refractivity contribution in [3.63, 3.8) is 0 Å². The molecule has 8 nitrogen and oxygen atoms in total. The van der Waals surface area contributed by atoms with Crippen molar-refractivity contribution in [1.82, 2.24) is 25.3 Å². The monoisotopic (exact) mass is 389 g/mol. The van der Waals surface area contributed by atoms with Crippen LogP contribution in [0.2, 0.25) is 0 Å². The van der Waals surface area contributed by atoms with E-state index in [9.17, 15) is 14.0 Å². The highest BCUT2D eigenvalue weighted by molar-refractivity contribution is 5.88. The minimum absolute atomic E-state index is 0.0533. The second kappa shape index (κ2) is 8.92. The zero-order valence-corrected chi connectivity index (χ0v) is 16.0. The molecule has 9 heteroatoms. The quantitative estimate of drug-likeness (QED) is 0.767. The Balaban J connectivity index is 1.67. The third-order valence-electron chi connectivity index (χ3n) is 4.74. The average molecular weight is 389 g/mol. The average Bonchev–Trinajstić information content (AvgIpc) is 3.09. The molecular formula is C19H24FN5O3. The molecule has 0 saturated carbocycles. The Morgan fingerprint density at radius 3 is 2.79 bits per heavy atom. The highest BCUT2D eigenvalue weighted by Crippen LogP contribution is 2.16. The van der Waals surface area contributed by atoms with Crippen molar-refractivity contribution in [2.45, 2.75) is 39.4 Å². The molecular weight excluding hydrogens is 365 g/mol. The van der Waals surface area contributed by atoms with Gasteiger partial charge in [-0.05, 0) is 24.6 Å². The zero-order valence-electron chi connectivity index (χ0n) is 16.0. The van der Waals surface area contributed by atoms with E-state index >= 15 is 0 Å². The van der Waals surface area contributed by atoms with E-state index in [1.807, 2.05) is 11.8 Å². The number of hydrogen-bond acceptors (Lipinski definition) is 6. The minimum atomic E-state index is -0.577. The third-order valence-corrected chi connectivity index (χ3v) is 4.74. The number of halogens is 1. The molecule has 0 aliphatic carbocycles. The summed E-state index contributed by atoms with van der Waals surface area (Å²) in [7, 11) is 0. The van der Waals surface area contributed by atoms with Crippen LogP contribution in [-0.2, 0) is 22.7 Å². The van der Waals surface area contributed by atoms with Gasteiger partial charge in [-0.25, -0.2) is 4.39 Å². The molecule has 0 unspecified atom stereocenters. The van der Waals surface area contributed by atoms with Gasteiger partial charge in [-0.1, -0.05) is 17.3 Å². The number of carbonyl (C=O) groups is 2. The number of piperazine rings is 1. The van der Waals surface area contributed by atoms with E-state index in [0.717, 1.165) is 5.56 Å². The number of aromatic nitrogens is 2. The lowest BCUT2D eigenvalue weighted by Gasteiger charge is -2.35. The zero-order chi connectivity index (χ0) is 20.1. The van der Waals surface area contributed by atoms with Gasteiger partial charge in [0, 0.05) is 33.1 Å². The molecule has 1 N–H and O–H groups in total. The van der Waals surface area contributed by atoms with Gasteiger partial charge >= 0.3 is 0 Å². The summed E-state index contributed by atoms with van der Waals surface area (Å²) in [6.07, 6.45) is 0.0533. The molecule has 0 spiro atoms. The summed E-state index contributed by atoms with van der Waals surface area (Å²) in [5.74, 6) is 0.242. The topological polar surface area (TPSA) is 91.6 Å². The first-order chi connectivity index (χ1) is 13.5. The van der Waals surface area contributed by atoms with Gasteiger partial charge in [0.15, 0.2) is 5.82 Å². The molecule has 1 atom stereocenters. The molecule has 0 bridgehead atoms. The Morgan fingerprint density at radius 1 is 1.39 bits per heavy atom. The number of carbonyl (C=O) groups excluding carboxylic acids is 2. The molecule has 28 heavy (non-hydrogen) atoms. The predicted octanol–water partition coefficient (Wildman–Crippen LogP) is 1.26. The van der Waals surface area contributed by atoms with Crippen LogP contribution in [0.4, 0.5) is 4.39 Å². The van der Waals surface area contributed by atoms with E-state index in [-0.39, 0.29) is 30.6 Å². The summed E-state index contributed by atoms with van der Waals surface area (Å²) in [5, 5.41) is 6.65. The van der Waals surface area contributed by atoms with Crippen molar-refractivity contribution in [2.24, 2.45) is 0 Å². The summed E-state index contributed by atoms with van der Waals surface area (Å²) in [6.45, 7) is 5.87. The maximum Gasteiger partial charge on any atom is 0.237 e. The molecule has 0 radical (unpaired) electrons. The van der Waals surface area contributed by atoms with Crippen LogP contribution in [0.15, 0.2) is 28.8 Å². The van der Waals surface area contributed by atoms with Gasteiger partial charge in [0.05, 0.1) is 19.0 Å². The highest BCUT2D eigenvalue weighted by Gasteiger charge is 2.33. The van der Waals surface area contributed by atoms with Crippen LogP contribution >= 0.6 is 0 Å². The maximum absolute atomic E-state index is 13.1. The molecule has 1 fully saturated rings. The van der Waals surface area contributed by atoms with E-state index in [4.69, 9.17) is 4.52 Å². The lowest BCUT2D eigenvalue weighted by atomic mass is 10.1. The first-order valence-electron chi connectivity index (χ1n) is 9.29. The number of nitrogens with one attached hydrogen (secondary N) is 1. The Labute approximate surface area is 162 Å². The smallest absolute Gasteiger partial charge is 0.237 e. The number of hydrogen-bond donors (Lipinski definition) is 1. The highest BCUT2D eigenvalue weighted by atomic mass is 19.1. The third kappa shape index (κ3) is 4.92. The van der Waals surface area contributed by atoms with E-state index in [2.05, 4.69) is 15.5 Å². The second-order valence-electron chi connectivity index (χ2n) is 6.75. The van der Waals surface area contributed by atoms with Crippen LogP contribution in [0, 0.1) is 12.7 Å². The number of amides is 2. The summed E-state index contributed by atoms with van der Waals surface area (Å²) in [4.78, 5) is 32.9. The Bertz CT molecular complexity index is 823. The number of aryl methyl sites for hydroxylation is 1. The molecule has 2 amide bonds. The van der Waals surface area contributed by atoms with Gasteiger partial charge in [0.1, 0.15) is 5.82 Å². The van der Waals surface area contributed by atoms with Crippen molar-refractivity contribution < 1.29 is 18.5 Å². The van der Waals surface area contributed by atoms with Gasteiger partial charge in [-0.2, -0.15) is 4.98 Å². The minimum Gasteiger partial charge on any atom is -0.353 e. The van der Waals surface area contributed by atoms with Gasteiger partial charge in [0.25, 0.3) is 0 Å². The van der Waals surface area contributed by atoms with Crippen LogP contribution in [0.5, 0.6) is 0 Å². The van der Waals surface area contributed by atoms with Crippen molar-refractivity contribution in [2.75, 3.05) is 19.6 Å². The standard InChI is InChI=1S/C19H24FN5O3/c1-3-24(12-17-22-13(2)28-23-17)18(26)10-16-19(27)21-8-9-25(16)11-14-4-6-15(20)7-5-14/h4-7,16H,3,8-12H2,1-2H3,(H,21,27)/t16-/m0/s1. The van der Waals surface area contributed by atoms with Crippen molar-refractivity contribution in [1.29, 1.82) is 0 Å². The van der Waals surface area contributed by atoms with Crippen molar-refractivity contribution in [3.8, 4) is 0 Å². The fourth-order valence-electron chi connectivity index (χ4n) is 3.24. The number of benzene rings is 1. The fraction of sp³-hybridized carbons (Fsp3) is 0.474. The molecule has 150 valence electrons. The summed E-state index contributed by atoms with van der Waals surface area (Å²) in [5.41, 5.74) is 0.892. The Kier molecular flexibility index (Phi) is 6.35. The van der Waals surface area contributed by atoms with Crippen LogP contribution < -0.4 is 5.32 Å². The largest absolute Gasteiger partial charge is 0.353 e. The molecule has 2 heterocycles. The van der Waals surface area contributed by atoms with Crippen LogP contribution in [0.1, 0.15) is 30.6 Å². The Hall–Kier alpha value is -2.81. The lowest BCUT2D eigenvalue weighted by Crippen LogP contribution is -2.56. The lowest BCUT2D eigenvalue weighted by molar-refractivity contribution is -0.139. The first-order valence-corrected chi connectivity index (χ1v) is 9.29. The van der Waals surface area contributed by atoms with Gasteiger partial charge in [-0.15, -0.1) is 0 Å². The number of nitrogens with zero attached hydrogens (tertiary/aromatic N) is 4. The van der Waals surface area contributed by atoms with Crippen LogP contribution in [-0.4, -0.2) is 57.4 Å². The molecule has 2 aromatic rings. The first kappa shape index (κ1) is 19.9. The summed E-state index contributed by atoms with van der Waals surface area (Å²) < 4.78 is 18.1. The molecule has 1 aliphatic rings. The van der Waals surface area contributed by atoms with Gasteiger partial charge < -0.3 is 14.7 Å². The van der Waals surface area contributed by atoms with Crippen molar-refractivity contribution >= 4 is 11.8 Å². The number of rotatable bonds is 7. The molecule has 3 rings (SSSR count). The van der Waals surface area contributed by atoms with Crippen LogP contribution in [0.25, 0.3) is 0 Å².